The molecule has 0 radical (unpaired) electrons. The van der Waals surface area contributed by atoms with Crippen molar-refractivity contribution in [2.45, 2.75) is 117 Å². The summed E-state index contributed by atoms with van der Waals surface area (Å²) in [7, 11) is 0. The van der Waals surface area contributed by atoms with Crippen LogP contribution in [0, 0.1) is 0 Å². The molecule has 13 N–H and O–H groups in total. The highest BCUT2D eigenvalue weighted by molar-refractivity contribution is 7.78. The number of aliphatic hydroxyl groups excluding tert-OH is 12. The molecule has 55 heavy (non-hydrogen) atoms. The molecule has 15 atom stereocenters. The molecule has 21 nitrogen and oxygen atoms in total. The molecular weight excluding hydrogens is 760 g/mol. The first-order valence-electron chi connectivity index (χ1n) is 17.4. The molecule has 3 aliphatic rings. The number of carbonyl (C=O) groups is 1. The highest BCUT2D eigenvalue weighted by atomic mass is 32.1. The van der Waals surface area contributed by atoms with E-state index in [1.54, 1.807) is 24.3 Å². The molecule has 1 aromatic rings. The summed E-state index contributed by atoms with van der Waals surface area (Å²) in [5.74, 6) is -0.658. The predicted molar refractivity (Wildman–Crippen MR) is 184 cm³/mol. The van der Waals surface area contributed by atoms with Crippen molar-refractivity contribution in [3.05, 3.63) is 29.8 Å². The van der Waals surface area contributed by atoms with E-state index in [1.165, 1.54) is 0 Å². The molecule has 22 heteroatoms. The number of hydrogen-bond donors (Lipinski definition) is 13. The van der Waals surface area contributed by atoms with Gasteiger partial charge in [0, 0.05) is 6.42 Å². The van der Waals surface area contributed by atoms with Gasteiger partial charge in [-0.15, -0.1) is 0 Å². The van der Waals surface area contributed by atoms with Gasteiger partial charge in [0.1, 0.15) is 78.8 Å². The number of ether oxygens (including phenoxy) is 6. The number of thiocarbonyl (C=S) groups is 1. The van der Waals surface area contributed by atoms with Crippen molar-refractivity contribution < 1.29 is 94.5 Å². The third kappa shape index (κ3) is 11.5. The van der Waals surface area contributed by atoms with Gasteiger partial charge in [0.25, 0.3) is 0 Å². The number of carbonyl (C=O) groups excluding carboxylic acids is 1. The Morgan fingerprint density at radius 3 is 1.38 bits per heavy atom. The molecule has 0 spiro atoms. The number of rotatable bonds is 18. The summed E-state index contributed by atoms with van der Waals surface area (Å²) >= 11 is 4.62. The Morgan fingerprint density at radius 1 is 0.655 bits per heavy atom. The van der Waals surface area contributed by atoms with Gasteiger partial charge in [-0.3, -0.25) is 4.79 Å². The summed E-state index contributed by atoms with van der Waals surface area (Å²) in [6, 6.07) is 6.99. The van der Waals surface area contributed by atoms with Crippen LogP contribution in [0.3, 0.4) is 0 Å². The summed E-state index contributed by atoms with van der Waals surface area (Å²) in [5.41, 5.74) is -0.557. The minimum absolute atomic E-state index is 0.137. The average Bonchev–Trinajstić information content (AvgIpc) is 3.18. The highest BCUT2D eigenvalue weighted by Gasteiger charge is 2.49. The number of nitrogens with one attached hydrogen (secondary N) is 1. The zero-order valence-electron chi connectivity index (χ0n) is 29.4. The number of hydrogen-bond acceptors (Lipinski definition) is 21. The van der Waals surface area contributed by atoms with Crippen molar-refractivity contribution in [2.75, 3.05) is 39.6 Å². The average molecular weight is 811 g/mol. The molecule has 3 saturated heterocycles. The summed E-state index contributed by atoms with van der Waals surface area (Å²) < 4.78 is 33.7. The van der Waals surface area contributed by atoms with E-state index in [4.69, 9.17) is 28.4 Å². The summed E-state index contributed by atoms with van der Waals surface area (Å²) in [5, 5.41) is 128. The van der Waals surface area contributed by atoms with Crippen molar-refractivity contribution in [3.8, 4) is 0 Å². The third-order valence-electron chi connectivity index (χ3n) is 9.50. The van der Waals surface area contributed by atoms with Gasteiger partial charge in [-0.2, -0.15) is 4.99 Å². The highest BCUT2D eigenvalue weighted by Crippen LogP contribution is 2.28. The second-order valence-electron chi connectivity index (χ2n) is 13.6. The van der Waals surface area contributed by atoms with E-state index >= 15 is 0 Å². The lowest BCUT2D eigenvalue weighted by molar-refractivity contribution is -0.324. The zero-order valence-corrected chi connectivity index (χ0v) is 30.2. The van der Waals surface area contributed by atoms with Crippen molar-refractivity contribution in [3.63, 3.8) is 0 Å². The second kappa shape index (κ2) is 21.0. The first-order chi connectivity index (χ1) is 26.2. The summed E-state index contributed by atoms with van der Waals surface area (Å²) in [6.07, 6.45) is -25.3. The van der Waals surface area contributed by atoms with Crippen molar-refractivity contribution in [2.24, 2.45) is 4.99 Å². The van der Waals surface area contributed by atoms with E-state index < -0.39 is 143 Å². The van der Waals surface area contributed by atoms with Gasteiger partial charge in [-0.1, -0.05) is 12.1 Å². The molecule has 1 amide bonds. The molecule has 0 unspecified atom stereocenters. The third-order valence-corrected chi connectivity index (χ3v) is 9.59. The molecule has 312 valence electrons. The van der Waals surface area contributed by atoms with Crippen LogP contribution in [0.25, 0.3) is 0 Å². The normalized spacial score (nSPS) is 36.9. The van der Waals surface area contributed by atoms with Crippen LogP contribution in [-0.2, 0) is 39.6 Å². The number of isothiocyanates is 1. The van der Waals surface area contributed by atoms with E-state index in [9.17, 15) is 66.1 Å². The maximum Gasteiger partial charge on any atom is 0.220 e. The smallest absolute Gasteiger partial charge is 0.220 e. The van der Waals surface area contributed by atoms with Gasteiger partial charge >= 0.3 is 0 Å². The van der Waals surface area contributed by atoms with Gasteiger partial charge in [0.2, 0.25) is 5.91 Å². The van der Waals surface area contributed by atoms with Gasteiger partial charge in [0.15, 0.2) is 18.9 Å². The Morgan fingerprint density at radius 2 is 1.04 bits per heavy atom. The zero-order chi connectivity index (χ0) is 40.4. The number of benzene rings is 1. The SMILES string of the molecule is O=C(CCCc1ccc(N=C=S)cc1)NC(CO[C@@H]1O[C@H](CO)[C@H](O)[C@H](O)[C@H]1O)(CO[C@@H]1O[C@H](CO)[C@H](O)[C@H](O)[C@H]1O)CO[C@@H]1O[C@H](CO)[C@H](O)[C@H](O)[C@H]1O. The number of aryl methyl sites for hydroxylation is 1. The Labute approximate surface area is 319 Å². The fraction of sp³-hybridized carbons (Fsp3) is 0.758. The Bertz CT molecular complexity index is 1290. The van der Waals surface area contributed by atoms with Crippen LogP contribution in [0.5, 0.6) is 0 Å². The minimum Gasteiger partial charge on any atom is -0.394 e. The summed E-state index contributed by atoms with van der Waals surface area (Å²) in [6.45, 7) is -4.69. The maximum absolute atomic E-state index is 13.6. The van der Waals surface area contributed by atoms with Crippen molar-refractivity contribution in [1.29, 1.82) is 0 Å². The molecular formula is C33H50N2O19S. The molecule has 3 heterocycles. The number of aliphatic imine (C=N–C) groups is 1. The van der Waals surface area contributed by atoms with Crippen LogP contribution in [0.2, 0.25) is 0 Å². The number of nitrogens with zero attached hydrogens (tertiary/aromatic N) is 1. The van der Waals surface area contributed by atoms with Crippen LogP contribution in [0.15, 0.2) is 29.3 Å². The quantitative estimate of drug-likeness (QED) is 0.0485. The first kappa shape index (κ1) is 45.5. The number of aliphatic hydroxyl groups is 12. The predicted octanol–water partition coefficient (Wildman–Crippen LogP) is -5.95. The molecule has 1 aromatic carbocycles. The first-order valence-corrected chi connectivity index (χ1v) is 17.8. The van der Waals surface area contributed by atoms with Crippen molar-refractivity contribution >= 4 is 29.0 Å². The van der Waals surface area contributed by atoms with Crippen LogP contribution in [-0.4, -0.2) is 210 Å². The lowest BCUT2D eigenvalue weighted by atomic mass is 9.97. The second-order valence-corrected chi connectivity index (χ2v) is 13.8. The topological polar surface area (TPSA) is 340 Å². The lowest BCUT2D eigenvalue weighted by Crippen LogP contribution is -2.65. The van der Waals surface area contributed by atoms with E-state index in [-0.39, 0.29) is 12.8 Å². The van der Waals surface area contributed by atoms with Crippen LogP contribution in [0.4, 0.5) is 5.69 Å². The van der Waals surface area contributed by atoms with Crippen LogP contribution >= 0.6 is 12.2 Å². The van der Waals surface area contributed by atoms with E-state index in [1.807, 2.05) is 0 Å². The monoisotopic (exact) mass is 810 g/mol. The van der Waals surface area contributed by atoms with E-state index in [0.717, 1.165) is 5.56 Å². The van der Waals surface area contributed by atoms with Crippen LogP contribution in [0.1, 0.15) is 18.4 Å². The molecule has 4 rings (SSSR count). The Hall–Kier alpha value is -2.23. The van der Waals surface area contributed by atoms with Crippen molar-refractivity contribution in [1.82, 2.24) is 5.32 Å². The van der Waals surface area contributed by atoms with Crippen LogP contribution < -0.4 is 5.32 Å². The Kier molecular flexibility index (Phi) is 17.3. The fourth-order valence-electron chi connectivity index (χ4n) is 6.17. The fourth-order valence-corrected chi connectivity index (χ4v) is 6.28. The minimum atomic E-state index is -1.99. The molecule has 0 saturated carbocycles. The number of amides is 1. The molecule has 0 aliphatic carbocycles. The lowest BCUT2D eigenvalue weighted by Gasteiger charge is -2.44. The molecule has 0 bridgehead atoms. The molecule has 0 aromatic heterocycles. The van der Waals surface area contributed by atoms with Gasteiger partial charge in [0.05, 0.1) is 50.5 Å². The van der Waals surface area contributed by atoms with Gasteiger partial charge < -0.3 is 95.0 Å². The van der Waals surface area contributed by atoms with Gasteiger partial charge in [-0.05, 0) is 42.8 Å². The molecule has 3 fully saturated rings. The molecule has 3 aliphatic heterocycles. The summed E-state index contributed by atoms with van der Waals surface area (Å²) in [4.78, 5) is 17.5. The maximum atomic E-state index is 13.6. The van der Waals surface area contributed by atoms with E-state index in [0.29, 0.717) is 12.1 Å². The van der Waals surface area contributed by atoms with E-state index in [2.05, 4.69) is 27.7 Å². The largest absolute Gasteiger partial charge is 0.394 e. The standard InChI is InChI=1S/C33H50N2O19S/c36-8-17-21(40)24(43)27(46)30(52-17)49-11-33(12-50-31-28(47)25(44)22(41)18(9-37)53-31,13-51-32-29(48)26(45)23(42)19(10-38)54-32)35-20(39)3-1-2-15-4-6-16(7-5-15)34-14-55/h4-7,17-19,21-32,36-38,40-48H,1-3,8-13H2,(H,35,39)/t17-,18-,19-,21+,22+,23+,24+,25+,26+,27-,28-,29-,30-,31-,32-/m1/s1. The van der Waals surface area contributed by atoms with Gasteiger partial charge in [-0.25, -0.2) is 0 Å². The Balaban J connectivity index is 1.62.